The molecule has 3 heterocycles. The molecular formula is C21H36IN5O2. The number of halogens is 1. The number of nitrogens with zero attached hydrogens (tertiary/aromatic N) is 3. The number of carbonyl (C=O) groups is 1. The van der Waals surface area contributed by atoms with Crippen LogP contribution in [-0.4, -0.2) is 67.5 Å². The number of amides is 1. The van der Waals surface area contributed by atoms with Gasteiger partial charge in [-0.15, -0.1) is 24.0 Å². The van der Waals surface area contributed by atoms with Crippen molar-refractivity contribution >= 4 is 35.8 Å². The summed E-state index contributed by atoms with van der Waals surface area (Å²) in [6, 6.07) is 4.20. The van der Waals surface area contributed by atoms with E-state index in [4.69, 9.17) is 9.41 Å². The molecule has 1 amide bonds. The van der Waals surface area contributed by atoms with Crippen LogP contribution in [0.3, 0.4) is 0 Å². The Hall–Kier alpha value is -1.29. The highest BCUT2D eigenvalue weighted by atomic mass is 127. The SMILES string of the molecule is CCNC(=NCC(c1ccco1)N1CCCCC1)NCCCN1CCCC1=O.I. The Morgan fingerprint density at radius 3 is 2.69 bits per heavy atom. The van der Waals surface area contributed by atoms with Crippen LogP contribution >= 0.6 is 24.0 Å². The highest BCUT2D eigenvalue weighted by Crippen LogP contribution is 2.25. The monoisotopic (exact) mass is 517 g/mol. The number of aliphatic imine (C=N–C) groups is 1. The van der Waals surface area contributed by atoms with Crippen LogP contribution in [0.15, 0.2) is 27.8 Å². The van der Waals surface area contributed by atoms with Gasteiger partial charge in [-0.1, -0.05) is 6.42 Å². The number of piperidine rings is 1. The van der Waals surface area contributed by atoms with Crippen molar-refractivity contribution in [2.45, 2.75) is 51.5 Å². The lowest BCUT2D eigenvalue weighted by Crippen LogP contribution is -2.40. The topological polar surface area (TPSA) is 73.1 Å². The smallest absolute Gasteiger partial charge is 0.222 e. The molecule has 2 N–H and O–H groups in total. The van der Waals surface area contributed by atoms with E-state index >= 15 is 0 Å². The average molecular weight is 517 g/mol. The molecule has 0 aliphatic carbocycles. The fourth-order valence-electron chi connectivity index (χ4n) is 4.03. The Bertz CT molecular complexity index is 617. The minimum Gasteiger partial charge on any atom is -0.468 e. The molecule has 7 nitrogen and oxygen atoms in total. The summed E-state index contributed by atoms with van der Waals surface area (Å²) in [4.78, 5) is 21.0. The van der Waals surface area contributed by atoms with Crippen LogP contribution in [-0.2, 0) is 4.79 Å². The van der Waals surface area contributed by atoms with Gasteiger partial charge in [-0.3, -0.25) is 14.7 Å². The van der Waals surface area contributed by atoms with Crippen molar-refractivity contribution in [2.24, 2.45) is 4.99 Å². The zero-order valence-electron chi connectivity index (χ0n) is 17.6. The number of guanidine groups is 1. The molecule has 0 radical (unpaired) electrons. The van der Waals surface area contributed by atoms with Crippen molar-refractivity contribution in [3.8, 4) is 0 Å². The molecular weight excluding hydrogens is 481 g/mol. The summed E-state index contributed by atoms with van der Waals surface area (Å²) >= 11 is 0. The van der Waals surface area contributed by atoms with Gasteiger partial charge in [-0.2, -0.15) is 0 Å². The van der Waals surface area contributed by atoms with Crippen molar-refractivity contribution in [2.75, 3.05) is 45.8 Å². The molecule has 0 aromatic carbocycles. The molecule has 1 aromatic rings. The predicted molar refractivity (Wildman–Crippen MR) is 127 cm³/mol. The summed E-state index contributed by atoms with van der Waals surface area (Å²) in [6.07, 6.45) is 8.20. The minimum absolute atomic E-state index is 0. The largest absolute Gasteiger partial charge is 0.468 e. The lowest BCUT2D eigenvalue weighted by Gasteiger charge is -2.32. The summed E-state index contributed by atoms with van der Waals surface area (Å²) in [5.74, 6) is 2.13. The normalized spacial score (nSPS) is 19.1. The number of hydrogen-bond donors (Lipinski definition) is 2. The minimum atomic E-state index is 0. The molecule has 0 bridgehead atoms. The molecule has 29 heavy (non-hydrogen) atoms. The van der Waals surface area contributed by atoms with E-state index in [1.807, 2.05) is 11.0 Å². The quantitative estimate of drug-likeness (QED) is 0.228. The maximum absolute atomic E-state index is 11.7. The van der Waals surface area contributed by atoms with Gasteiger partial charge in [0, 0.05) is 32.6 Å². The third kappa shape index (κ3) is 7.47. The standard InChI is InChI=1S/C21H35N5O2.HI/c1-2-22-21(23-11-8-15-26-14-6-10-20(26)27)24-17-18(19-9-7-16-28-19)25-12-4-3-5-13-25;/h7,9,16,18H,2-6,8,10-15,17H2,1H3,(H2,22,23,24);1H. The first-order chi connectivity index (χ1) is 13.8. The number of likely N-dealkylation sites (tertiary alicyclic amines) is 2. The zero-order valence-corrected chi connectivity index (χ0v) is 19.9. The maximum atomic E-state index is 11.7. The van der Waals surface area contributed by atoms with Crippen molar-refractivity contribution in [1.29, 1.82) is 0 Å². The van der Waals surface area contributed by atoms with Crippen molar-refractivity contribution in [3.05, 3.63) is 24.2 Å². The summed E-state index contributed by atoms with van der Waals surface area (Å²) in [7, 11) is 0. The van der Waals surface area contributed by atoms with E-state index in [0.29, 0.717) is 18.9 Å². The Balaban J connectivity index is 0.00000300. The first-order valence-electron chi connectivity index (χ1n) is 10.9. The summed E-state index contributed by atoms with van der Waals surface area (Å²) in [5.41, 5.74) is 0. The second-order valence-electron chi connectivity index (χ2n) is 7.61. The molecule has 8 heteroatoms. The molecule has 164 valence electrons. The zero-order chi connectivity index (χ0) is 19.6. The predicted octanol–water partition coefficient (Wildman–Crippen LogP) is 2.99. The van der Waals surface area contributed by atoms with Gasteiger partial charge in [-0.05, 0) is 57.8 Å². The van der Waals surface area contributed by atoms with Crippen LogP contribution in [0.25, 0.3) is 0 Å². The maximum Gasteiger partial charge on any atom is 0.222 e. The van der Waals surface area contributed by atoms with Gasteiger partial charge in [0.05, 0.1) is 18.8 Å². The Kier molecular flexibility index (Phi) is 10.8. The van der Waals surface area contributed by atoms with E-state index in [1.165, 1.54) is 19.3 Å². The van der Waals surface area contributed by atoms with Gasteiger partial charge in [0.15, 0.2) is 5.96 Å². The fraction of sp³-hybridized carbons (Fsp3) is 0.714. The van der Waals surface area contributed by atoms with Gasteiger partial charge >= 0.3 is 0 Å². The summed E-state index contributed by atoms with van der Waals surface area (Å²) in [5, 5.41) is 6.75. The number of furan rings is 1. The first-order valence-corrected chi connectivity index (χ1v) is 10.9. The van der Waals surface area contributed by atoms with Crippen LogP contribution < -0.4 is 10.6 Å². The van der Waals surface area contributed by atoms with Crippen molar-refractivity contribution in [3.63, 3.8) is 0 Å². The van der Waals surface area contributed by atoms with Crippen LogP contribution in [0.4, 0.5) is 0 Å². The second kappa shape index (κ2) is 13.1. The molecule has 0 saturated carbocycles. The molecule has 0 spiro atoms. The highest BCUT2D eigenvalue weighted by molar-refractivity contribution is 14.0. The second-order valence-corrected chi connectivity index (χ2v) is 7.61. The van der Waals surface area contributed by atoms with Crippen LogP contribution in [0.1, 0.15) is 57.3 Å². The van der Waals surface area contributed by atoms with E-state index in [1.54, 1.807) is 6.26 Å². The van der Waals surface area contributed by atoms with Crippen molar-refractivity contribution in [1.82, 2.24) is 20.4 Å². The molecule has 2 aliphatic heterocycles. The van der Waals surface area contributed by atoms with Crippen LogP contribution in [0.2, 0.25) is 0 Å². The molecule has 2 aliphatic rings. The van der Waals surface area contributed by atoms with E-state index in [2.05, 4.69) is 28.5 Å². The fourth-order valence-corrected chi connectivity index (χ4v) is 4.03. The average Bonchev–Trinajstić information content (AvgIpc) is 3.38. The van der Waals surface area contributed by atoms with E-state index in [9.17, 15) is 4.79 Å². The molecule has 1 unspecified atom stereocenters. The van der Waals surface area contributed by atoms with Crippen LogP contribution in [0.5, 0.6) is 0 Å². The molecule has 2 fully saturated rings. The Labute approximate surface area is 191 Å². The van der Waals surface area contributed by atoms with Gasteiger partial charge in [-0.25, -0.2) is 0 Å². The number of rotatable bonds is 9. The Morgan fingerprint density at radius 2 is 2.03 bits per heavy atom. The molecule has 3 rings (SSSR count). The van der Waals surface area contributed by atoms with Gasteiger partial charge in [0.2, 0.25) is 5.91 Å². The molecule has 2 saturated heterocycles. The number of hydrogen-bond acceptors (Lipinski definition) is 4. The first kappa shape index (κ1) is 24.0. The molecule has 1 atom stereocenters. The summed E-state index contributed by atoms with van der Waals surface area (Å²) < 4.78 is 5.72. The van der Waals surface area contributed by atoms with Crippen LogP contribution in [0, 0.1) is 0 Å². The Morgan fingerprint density at radius 1 is 1.21 bits per heavy atom. The third-order valence-corrected chi connectivity index (χ3v) is 5.54. The van der Waals surface area contributed by atoms with E-state index in [-0.39, 0.29) is 30.0 Å². The van der Waals surface area contributed by atoms with Crippen molar-refractivity contribution < 1.29 is 9.21 Å². The van der Waals surface area contributed by atoms with E-state index in [0.717, 1.165) is 63.8 Å². The number of carbonyl (C=O) groups excluding carboxylic acids is 1. The highest BCUT2D eigenvalue weighted by Gasteiger charge is 2.24. The number of nitrogens with one attached hydrogen (secondary N) is 2. The third-order valence-electron chi connectivity index (χ3n) is 5.54. The molecule has 1 aromatic heterocycles. The lowest BCUT2D eigenvalue weighted by atomic mass is 10.1. The van der Waals surface area contributed by atoms with Gasteiger partial charge in [0.25, 0.3) is 0 Å². The van der Waals surface area contributed by atoms with Gasteiger partial charge < -0.3 is 20.0 Å². The van der Waals surface area contributed by atoms with E-state index < -0.39 is 0 Å². The lowest BCUT2D eigenvalue weighted by molar-refractivity contribution is -0.127. The summed E-state index contributed by atoms with van der Waals surface area (Å²) in [6.45, 7) is 8.34. The van der Waals surface area contributed by atoms with Gasteiger partial charge in [0.1, 0.15) is 5.76 Å².